The van der Waals surface area contributed by atoms with E-state index in [1.165, 1.54) is 18.4 Å². The van der Waals surface area contributed by atoms with Crippen molar-refractivity contribution in [2.24, 2.45) is 10.7 Å². The second-order valence-corrected chi connectivity index (χ2v) is 6.47. The second kappa shape index (κ2) is 8.56. The zero-order valence-electron chi connectivity index (χ0n) is 14.1. The van der Waals surface area contributed by atoms with Crippen molar-refractivity contribution in [3.05, 3.63) is 29.8 Å². The van der Waals surface area contributed by atoms with Crippen molar-refractivity contribution >= 4 is 17.6 Å². The zero-order valence-corrected chi connectivity index (χ0v) is 14.1. The minimum absolute atomic E-state index is 0.0651. The van der Waals surface area contributed by atoms with Crippen molar-refractivity contribution in [3.63, 3.8) is 0 Å². The smallest absolute Gasteiger partial charge is 0.222 e. The fourth-order valence-electron chi connectivity index (χ4n) is 2.81. The third kappa shape index (κ3) is 5.93. The Morgan fingerprint density at radius 3 is 2.78 bits per heavy atom. The third-order valence-electron chi connectivity index (χ3n) is 4.17. The molecule has 4 N–H and O–H groups in total. The van der Waals surface area contributed by atoms with Crippen molar-refractivity contribution in [1.29, 1.82) is 0 Å². The number of nitrogens with zero attached hydrogens (tertiary/aromatic N) is 1. The minimum Gasteiger partial charge on any atom is -0.370 e. The van der Waals surface area contributed by atoms with Gasteiger partial charge in [-0.1, -0.05) is 38.8 Å². The van der Waals surface area contributed by atoms with Gasteiger partial charge in [-0.25, -0.2) is 0 Å². The first-order chi connectivity index (χ1) is 11.0. The molecule has 2 rings (SSSR count). The number of benzene rings is 1. The van der Waals surface area contributed by atoms with Crippen LogP contribution in [-0.2, 0) is 4.79 Å². The molecule has 1 fully saturated rings. The predicted molar refractivity (Wildman–Crippen MR) is 95.7 cm³/mol. The maximum atomic E-state index is 11.8. The largest absolute Gasteiger partial charge is 0.370 e. The van der Waals surface area contributed by atoms with Crippen LogP contribution in [0, 0.1) is 0 Å². The van der Waals surface area contributed by atoms with E-state index in [2.05, 4.69) is 41.6 Å². The summed E-state index contributed by atoms with van der Waals surface area (Å²) in [5, 5.41) is 6.13. The molecular weight excluding hydrogens is 288 g/mol. The molecule has 0 saturated heterocycles. The topological polar surface area (TPSA) is 79.5 Å². The highest BCUT2D eigenvalue weighted by Gasteiger charge is 2.16. The number of nitrogens with two attached hydrogens (primary N) is 1. The van der Waals surface area contributed by atoms with Crippen LogP contribution < -0.4 is 16.4 Å². The third-order valence-corrected chi connectivity index (χ3v) is 4.17. The molecule has 0 aliphatic heterocycles. The number of carbonyl (C=O) groups is 1. The predicted octanol–water partition coefficient (Wildman–Crippen LogP) is 2.99. The molecule has 1 amide bonds. The van der Waals surface area contributed by atoms with Gasteiger partial charge in [0.15, 0.2) is 5.96 Å². The van der Waals surface area contributed by atoms with Crippen LogP contribution in [0.2, 0.25) is 0 Å². The van der Waals surface area contributed by atoms with E-state index in [4.69, 9.17) is 5.73 Å². The SMILES string of the molecule is CC(C)c1cccc(NC(N)=NCCC(=O)NC2CCCC2)c1. The van der Waals surface area contributed by atoms with Gasteiger partial charge in [0.25, 0.3) is 0 Å². The maximum absolute atomic E-state index is 11.8. The summed E-state index contributed by atoms with van der Waals surface area (Å²) in [6.45, 7) is 4.71. The average Bonchev–Trinajstić information content (AvgIpc) is 3.00. The lowest BCUT2D eigenvalue weighted by Crippen LogP contribution is -2.33. The average molecular weight is 316 g/mol. The summed E-state index contributed by atoms with van der Waals surface area (Å²) in [5.41, 5.74) is 8.06. The first-order valence-electron chi connectivity index (χ1n) is 8.51. The Labute approximate surface area is 138 Å². The molecule has 1 saturated carbocycles. The van der Waals surface area contributed by atoms with E-state index in [9.17, 15) is 4.79 Å². The van der Waals surface area contributed by atoms with Crippen LogP contribution >= 0.6 is 0 Å². The number of nitrogens with one attached hydrogen (secondary N) is 2. The highest BCUT2D eigenvalue weighted by Crippen LogP contribution is 2.18. The molecule has 5 heteroatoms. The zero-order chi connectivity index (χ0) is 16.7. The summed E-state index contributed by atoms with van der Waals surface area (Å²) in [4.78, 5) is 16.0. The molecule has 1 aliphatic carbocycles. The fraction of sp³-hybridized carbons (Fsp3) is 0.556. The summed E-state index contributed by atoms with van der Waals surface area (Å²) < 4.78 is 0. The van der Waals surface area contributed by atoms with Gasteiger partial charge in [-0.15, -0.1) is 0 Å². The lowest BCUT2D eigenvalue weighted by Gasteiger charge is -2.11. The molecule has 0 heterocycles. The molecule has 0 atom stereocenters. The summed E-state index contributed by atoms with van der Waals surface area (Å²) >= 11 is 0. The van der Waals surface area contributed by atoms with E-state index in [0.29, 0.717) is 30.9 Å². The summed E-state index contributed by atoms with van der Waals surface area (Å²) in [5.74, 6) is 0.879. The number of carbonyl (C=O) groups excluding carboxylic acids is 1. The molecular formula is C18H28N4O. The maximum Gasteiger partial charge on any atom is 0.222 e. The molecule has 126 valence electrons. The Kier molecular flexibility index (Phi) is 6.44. The molecule has 0 bridgehead atoms. The molecule has 1 aromatic carbocycles. The fourth-order valence-corrected chi connectivity index (χ4v) is 2.81. The van der Waals surface area contributed by atoms with Crippen LogP contribution in [0.1, 0.15) is 57.4 Å². The summed E-state index contributed by atoms with van der Waals surface area (Å²) in [6, 6.07) is 8.48. The lowest BCUT2D eigenvalue weighted by atomic mass is 10.0. The van der Waals surface area contributed by atoms with Gasteiger partial charge in [0, 0.05) is 18.2 Å². The van der Waals surface area contributed by atoms with Gasteiger partial charge in [0.2, 0.25) is 5.91 Å². The molecule has 0 aromatic heterocycles. The van der Waals surface area contributed by atoms with Crippen LogP contribution in [0.3, 0.4) is 0 Å². The quantitative estimate of drug-likeness (QED) is 0.557. The Bertz CT molecular complexity index is 548. The van der Waals surface area contributed by atoms with Gasteiger partial charge in [0.1, 0.15) is 0 Å². The van der Waals surface area contributed by atoms with Crippen molar-refractivity contribution < 1.29 is 4.79 Å². The molecule has 0 radical (unpaired) electrons. The number of aliphatic imine (C=N–C) groups is 1. The highest BCUT2D eigenvalue weighted by atomic mass is 16.1. The first kappa shape index (κ1) is 17.3. The van der Waals surface area contributed by atoms with Gasteiger partial charge in [0.05, 0.1) is 6.54 Å². The van der Waals surface area contributed by atoms with Gasteiger partial charge >= 0.3 is 0 Å². The Hall–Kier alpha value is -2.04. The Balaban J connectivity index is 1.76. The number of hydrogen-bond acceptors (Lipinski definition) is 2. The first-order valence-corrected chi connectivity index (χ1v) is 8.51. The standard InChI is InChI=1S/C18H28N4O/c1-13(2)14-6-5-9-16(12-14)22-18(19)20-11-10-17(23)21-15-7-3-4-8-15/h5-6,9,12-13,15H,3-4,7-8,10-11H2,1-2H3,(H,21,23)(H3,19,20,22). The van der Waals surface area contributed by atoms with Crippen LogP contribution in [-0.4, -0.2) is 24.5 Å². The van der Waals surface area contributed by atoms with Crippen molar-refractivity contribution in [2.75, 3.05) is 11.9 Å². The van der Waals surface area contributed by atoms with Gasteiger partial charge in [-0.2, -0.15) is 0 Å². The molecule has 5 nitrogen and oxygen atoms in total. The van der Waals surface area contributed by atoms with Crippen LogP contribution in [0.5, 0.6) is 0 Å². The van der Waals surface area contributed by atoms with E-state index in [-0.39, 0.29) is 5.91 Å². The van der Waals surface area contributed by atoms with Gasteiger partial charge < -0.3 is 16.4 Å². The number of amides is 1. The van der Waals surface area contributed by atoms with Crippen LogP contribution in [0.25, 0.3) is 0 Å². The molecule has 0 spiro atoms. The Morgan fingerprint density at radius 2 is 2.09 bits per heavy atom. The number of hydrogen-bond donors (Lipinski definition) is 3. The van der Waals surface area contributed by atoms with E-state index in [1.54, 1.807) is 0 Å². The van der Waals surface area contributed by atoms with E-state index in [0.717, 1.165) is 18.5 Å². The molecule has 23 heavy (non-hydrogen) atoms. The van der Waals surface area contributed by atoms with Crippen LogP contribution in [0.15, 0.2) is 29.3 Å². The van der Waals surface area contributed by atoms with Gasteiger partial charge in [-0.05, 0) is 36.5 Å². The van der Waals surface area contributed by atoms with Crippen molar-refractivity contribution in [1.82, 2.24) is 5.32 Å². The minimum atomic E-state index is 0.0651. The number of guanidine groups is 1. The van der Waals surface area contributed by atoms with E-state index in [1.807, 2.05) is 12.1 Å². The van der Waals surface area contributed by atoms with E-state index < -0.39 is 0 Å². The molecule has 1 aromatic rings. The van der Waals surface area contributed by atoms with E-state index >= 15 is 0 Å². The van der Waals surface area contributed by atoms with Crippen molar-refractivity contribution in [3.8, 4) is 0 Å². The summed E-state index contributed by atoms with van der Waals surface area (Å²) in [6.07, 6.45) is 5.02. The highest BCUT2D eigenvalue weighted by molar-refractivity contribution is 5.92. The number of rotatable bonds is 6. The van der Waals surface area contributed by atoms with Crippen LogP contribution in [0.4, 0.5) is 5.69 Å². The summed E-state index contributed by atoms with van der Waals surface area (Å²) in [7, 11) is 0. The second-order valence-electron chi connectivity index (χ2n) is 6.47. The lowest BCUT2D eigenvalue weighted by molar-refractivity contribution is -0.121. The normalized spacial score (nSPS) is 15.9. The molecule has 1 aliphatic rings. The Morgan fingerprint density at radius 1 is 1.35 bits per heavy atom. The molecule has 0 unspecified atom stereocenters. The number of anilines is 1. The van der Waals surface area contributed by atoms with Gasteiger partial charge in [-0.3, -0.25) is 9.79 Å². The van der Waals surface area contributed by atoms with Crippen molar-refractivity contribution in [2.45, 2.75) is 57.9 Å². The monoisotopic (exact) mass is 316 g/mol.